The summed E-state index contributed by atoms with van der Waals surface area (Å²) in [5.41, 5.74) is 5.31. The molecule has 0 radical (unpaired) electrons. The maximum Gasteiger partial charge on any atom is 0.290 e. The highest BCUT2D eigenvalue weighted by Gasteiger charge is 2.19. The number of benzene rings is 2. The van der Waals surface area contributed by atoms with Gasteiger partial charge in [0.1, 0.15) is 0 Å². The molecule has 0 aliphatic rings. The predicted molar refractivity (Wildman–Crippen MR) is 126 cm³/mol. The summed E-state index contributed by atoms with van der Waals surface area (Å²) in [6.45, 7) is 3.60. The Labute approximate surface area is 196 Å². The summed E-state index contributed by atoms with van der Waals surface area (Å²) in [6.07, 6.45) is 0.413. The van der Waals surface area contributed by atoms with Crippen molar-refractivity contribution in [2.75, 3.05) is 21.3 Å². The van der Waals surface area contributed by atoms with Gasteiger partial charge in [-0.2, -0.15) is 5.10 Å². The highest BCUT2D eigenvalue weighted by Crippen LogP contribution is 2.40. The number of hydrogen-bond donors (Lipinski definition) is 2. The summed E-state index contributed by atoms with van der Waals surface area (Å²) >= 11 is 0. The lowest BCUT2D eigenvalue weighted by Gasteiger charge is -2.16. The molecule has 1 aromatic heterocycles. The van der Waals surface area contributed by atoms with Crippen LogP contribution in [0.15, 0.2) is 41.2 Å². The van der Waals surface area contributed by atoms with Crippen LogP contribution in [0.25, 0.3) is 10.8 Å². The zero-order valence-corrected chi connectivity index (χ0v) is 19.8. The number of carbonyl (C=O) groups excluding carboxylic acids is 2. The fourth-order valence-corrected chi connectivity index (χ4v) is 3.58. The Morgan fingerprint density at radius 1 is 0.941 bits per heavy atom. The summed E-state index contributed by atoms with van der Waals surface area (Å²) in [5, 5.41) is 5.01. The van der Waals surface area contributed by atoms with Crippen LogP contribution in [0.5, 0.6) is 17.2 Å². The summed E-state index contributed by atoms with van der Waals surface area (Å²) in [5.74, 6) is 0.399. The Kier molecular flexibility index (Phi) is 7.72. The van der Waals surface area contributed by atoms with E-state index in [9.17, 15) is 14.4 Å². The first kappa shape index (κ1) is 24.6. The smallest absolute Gasteiger partial charge is 0.290 e. The number of hydrogen-bond acceptors (Lipinski definition) is 7. The van der Waals surface area contributed by atoms with E-state index in [-0.39, 0.29) is 23.7 Å². The van der Waals surface area contributed by atoms with Crippen molar-refractivity contribution < 1.29 is 23.8 Å². The molecule has 10 heteroatoms. The van der Waals surface area contributed by atoms with Crippen LogP contribution in [0.4, 0.5) is 0 Å². The number of carbonyl (C=O) groups is 2. The molecule has 34 heavy (non-hydrogen) atoms. The number of aryl methyl sites for hydroxylation is 1. The molecular weight excluding hydrogens is 440 g/mol. The molecule has 2 aromatic carbocycles. The highest BCUT2D eigenvalue weighted by atomic mass is 16.5. The molecule has 0 atom stereocenters. The molecule has 0 saturated heterocycles. The average molecular weight is 469 g/mol. The van der Waals surface area contributed by atoms with E-state index in [1.54, 1.807) is 50.2 Å². The maximum atomic E-state index is 12.8. The molecule has 3 rings (SSSR count). The van der Waals surface area contributed by atoms with Crippen LogP contribution >= 0.6 is 0 Å². The zero-order chi connectivity index (χ0) is 24.8. The number of hydrazine groups is 1. The van der Waals surface area contributed by atoms with Gasteiger partial charge in [-0.05, 0) is 38.0 Å². The molecule has 0 spiro atoms. The van der Waals surface area contributed by atoms with Gasteiger partial charge >= 0.3 is 0 Å². The van der Waals surface area contributed by atoms with E-state index in [4.69, 9.17) is 14.2 Å². The molecule has 0 bridgehead atoms. The molecule has 180 valence electrons. The highest BCUT2D eigenvalue weighted by molar-refractivity contribution is 6.05. The van der Waals surface area contributed by atoms with E-state index in [2.05, 4.69) is 16.0 Å². The largest absolute Gasteiger partial charge is 0.493 e. The third-order valence-corrected chi connectivity index (χ3v) is 5.26. The second-order valence-corrected chi connectivity index (χ2v) is 7.73. The number of nitrogens with one attached hydrogen (secondary N) is 2. The number of ether oxygens (including phenoxy) is 3. The van der Waals surface area contributed by atoms with Crippen molar-refractivity contribution in [3.05, 3.63) is 58.0 Å². The standard InChI is InChI=1S/C24H28N4O6/c1-14(2)28-24(31)17-9-7-6-8-16(17)20(27-28)23(30)26-25-19(29)13-11-15-10-12-18(32-3)22(34-5)21(15)33-4/h6-10,12,14H,11,13H2,1-5H3,(H,25,29)(H,26,30). The van der Waals surface area contributed by atoms with Crippen LogP contribution in [-0.2, 0) is 11.2 Å². The van der Waals surface area contributed by atoms with Crippen LogP contribution in [0.3, 0.4) is 0 Å². The quantitative estimate of drug-likeness (QED) is 0.487. The van der Waals surface area contributed by atoms with Crippen molar-refractivity contribution in [1.29, 1.82) is 0 Å². The first-order valence-electron chi connectivity index (χ1n) is 10.7. The number of rotatable bonds is 8. The summed E-state index contributed by atoms with van der Waals surface area (Å²) in [7, 11) is 4.54. The summed E-state index contributed by atoms with van der Waals surface area (Å²) < 4.78 is 17.3. The van der Waals surface area contributed by atoms with Gasteiger partial charge in [0.15, 0.2) is 17.2 Å². The molecular formula is C24H28N4O6. The molecule has 0 unspecified atom stereocenters. The molecule has 0 aliphatic carbocycles. The third kappa shape index (κ3) is 4.95. The topological polar surface area (TPSA) is 121 Å². The molecule has 2 N–H and O–H groups in total. The van der Waals surface area contributed by atoms with E-state index in [0.29, 0.717) is 34.4 Å². The van der Waals surface area contributed by atoms with Gasteiger partial charge in [0.2, 0.25) is 11.7 Å². The van der Waals surface area contributed by atoms with Gasteiger partial charge in [-0.25, -0.2) is 4.68 Å². The van der Waals surface area contributed by atoms with Gasteiger partial charge in [0.05, 0.1) is 32.8 Å². The van der Waals surface area contributed by atoms with Gasteiger partial charge in [-0.1, -0.05) is 24.3 Å². The van der Waals surface area contributed by atoms with Crippen molar-refractivity contribution in [2.45, 2.75) is 32.7 Å². The van der Waals surface area contributed by atoms with Crippen molar-refractivity contribution in [1.82, 2.24) is 20.6 Å². The Balaban J connectivity index is 1.72. The minimum atomic E-state index is -0.623. The van der Waals surface area contributed by atoms with E-state index in [1.165, 1.54) is 26.0 Å². The fraction of sp³-hybridized carbons (Fsp3) is 0.333. The maximum absolute atomic E-state index is 12.8. The number of amides is 2. The molecule has 0 saturated carbocycles. The first-order valence-corrected chi connectivity index (χ1v) is 10.7. The Bertz CT molecular complexity index is 1270. The average Bonchev–Trinajstić information content (AvgIpc) is 2.85. The van der Waals surface area contributed by atoms with Crippen molar-refractivity contribution in [3.8, 4) is 17.2 Å². The minimum Gasteiger partial charge on any atom is -0.493 e. The molecule has 0 fully saturated rings. The van der Waals surface area contributed by atoms with E-state index < -0.39 is 11.8 Å². The Morgan fingerprint density at radius 2 is 1.62 bits per heavy atom. The first-order chi connectivity index (χ1) is 16.3. The lowest BCUT2D eigenvalue weighted by Crippen LogP contribution is -2.43. The van der Waals surface area contributed by atoms with Crippen LogP contribution in [0, 0.1) is 0 Å². The van der Waals surface area contributed by atoms with Crippen LogP contribution in [0.1, 0.15) is 42.4 Å². The lowest BCUT2D eigenvalue weighted by molar-refractivity contribution is -0.121. The minimum absolute atomic E-state index is 0.0470. The Morgan fingerprint density at radius 3 is 2.24 bits per heavy atom. The van der Waals surface area contributed by atoms with Gasteiger partial charge in [0, 0.05) is 11.8 Å². The SMILES string of the molecule is COc1ccc(CCC(=O)NNC(=O)c2nn(C(C)C)c(=O)c3ccccc23)c(OC)c1OC. The zero-order valence-electron chi connectivity index (χ0n) is 19.8. The number of aromatic nitrogens is 2. The molecule has 1 heterocycles. The molecule has 2 amide bonds. The summed E-state index contributed by atoms with van der Waals surface area (Å²) in [6, 6.07) is 10.0. The van der Waals surface area contributed by atoms with Gasteiger partial charge in [-0.15, -0.1) is 0 Å². The van der Waals surface area contributed by atoms with E-state index in [1.807, 2.05) is 0 Å². The van der Waals surface area contributed by atoms with Crippen molar-refractivity contribution >= 4 is 22.6 Å². The van der Waals surface area contributed by atoms with Crippen LogP contribution < -0.4 is 30.6 Å². The van der Waals surface area contributed by atoms with Gasteiger partial charge < -0.3 is 14.2 Å². The van der Waals surface area contributed by atoms with Crippen LogP contribution in [0.2, 0.25) is 0 Å². The van der Waals surface area contributed by atoms with Crippen molar-refractivity contribution in [2.24, 2.45) is 0 Å². The number of methoxy groups -OCH3 is 3. The number of fused-ring (bicyclic) bond motifs is 1. The van der Waals surface area contributed by atoms with Crippen LogP contribution in [-0.4, -0.2) is 42.9 Å². The van der Waals surface area contributed by atoms with Gasteiger partial charge in [-0.3, -0.25) is 25.2 Å². The van der Waals surface area contributed by atoms with Gasteiger partial charge in [0.25, 0.3) is 11.5 Å². The molecule has 3 aromatic rings. The predicted octanol–water partition coefficient (Wildman–Crippen LogP) is 2.40. The normalized spacial score (nSPS) is 10.8. The van der Waals surface area contributed by atoms with E-state index in [0.717, 1.165) is 5.56 Å². The second kappa shape index (κ2) is 10.7. The second-order valence-electron chi connectivity index (χ2n) is 7.73. The fourth-order valence-electron chi connectivity index (χ4n) is 3.58. The van der Waals surface area contributed by atoms with E-state index >= 15 is 0 Å². The monoisotopic (exact) mass is 468 g/mol. The summed E-state index contributed by atoms with van der Waals surface area (Å²) in [4.78, 5) is 37.9. The van der Waals surface area contributed by atoms with Crippen molar-refractivity contribution in [3.63, 3.8) is 0 Å². The molecule has 10 nitrogen and oxygen atoms in total. The third-order valence-electron chi connectivity index (χ3n) is 5.26. The number of nitrogens with zero attached hydrogens (tertiary/aromatic N) is 2. The Hall–Kier alpha value is -4.08. The molecule has 0 aliphatic heterocycles. The lowest BCUT2D eigenvalue weighted by atomic mass is 10.1.